The highest BCUT2D eigenvalue weighted by Crippen LogP contribution is 1.99. The van der Waals surface area contributed by atoms with Gasteiger partial charge in [-0.2, -0.15) is 0 Å². The molecule has 22 heavy (non-hydrogen) atoms. The Balaban J connectivity index is 2.60. The summed E-state index contributed by atoms with van der Waals surface area (Å²) in [5.41, 5.74) is 0. The molecule has 0 aromatic carbocycles. The zero-order valence-electron chi connectivity index (χ0n) is 14.0. The quantitative estimate of drug-likeness (QED) is 0.514. The van der Waals surface area contributed by atoms with Gasteiger partial charge in [0.25, 0.3) is 0 Å². The smallest absolute Gasteiger partial charge is 0.0558 e. The third-order valence-electron chi connectivity index (χ3n) is 4.31. The van der Waals surface area contributed by atoms with E-state index >= 15 is 0 Å². The lowest BCUT2D eigenvalue weighted by Gasteiger charge is -2.32. The van der Waals surface area contributed by atoms with Crippen molar-refractivity contribution in [2.75, 3.05) is 98.9 Å². The highest BCUT2D eigenvalue weighted by atomic mass is 16.3. The molecule has 7 nitrogen and oxygen atoms in total. The van der Waals surface area contributed by atoms with Gasteiger partial charge >= 0.3 is 0 Å². The summed E-state index contributed by atoms with van der Waals surface area (Å²) in [5.74, 6) is 0. The van der Waals surface area contributed by atoms with Crippen LogP contribution in [0, 0.1) is 0 Å². The van der Waals surface area contributed by atoms with E-state index in [2.05, 4.69) is 26.6 Å². The molecule has 1 heterocycles. The standard InChI is InChI=1S/C15H34N4O3/c1-16-2-4-17(10-13-20)6-8-19(12-15-22)9-7-18(5-3-16)11-14-21/h20-22H,2-15H2,1H3. The molecule has 1 rings (SSSR count). The van der Waals surface area contributed by atoms with Crippen LogP contribution in [0.25, 0.3) is 0 Å². The number of hydrogen-bond donors (Lipinski definition) is 3. The number of rotatable bonds is 6. The van der Waals surface area contributed by atoms with Crippen molar-refractivity contribution in [3.05, 3.63) is 0 Å². The number of aliphatic hydroxyl groups is 3. The second kappa shape index (κ2) is 12.2. The van der Waals surface area contributed by atoms with Crippen molar-refractivity contribution in [2.45, 2.75) is 0 Å². The zero-order valence-corrected chi connectivity index (χ0v) is 14.0. The summed E-state index contributed by atoms with van der Waals surface area (Å²) in [5, 5.41) is 27.6. The van der Waals surface area contributed by atoms with Gasteiger partial charge in [0.05, 0.1) is 19.8 Å². The molecule has 1 aliphatic rings. The molecule has 3 N–H and O–H groups in total. The second-order valence-corrected chi connectivity index (χ2v) is 6.00. The van der Waals surface area contributed by atoms with E-state index in [-0.39, 0.29) is 19.8 Å². The van der Waals surface area contributed by atoms with Gasteiger partial charge in [-0.05, 0) is 7.05 Å². The van der Waals surface area contributed by atoms with Crippen molar-refractivity contribution in [3.8, 4) is 0 Å². The summed E-state index contributed by atoms with van der Waals surface area (Å²) in [6, 6.07) is 0. The Morgan fingerprint density at radius 3 is 1.09 bits per heavy atom. The van der Waals surface area contributed by atoms with Crippen LogP contribution in [0.3, 0.4) is 0 Å². The van der Waals surface area contributed by atoms with Gasteiger partial charge in [0.15, 0.2) is 0 Å². The summed E-state index contributed by atoms with van der Waals surface area (Å²) in [6.07, 6.45) is 0. The summed E-state index contributed by atoms with van der Waals surface area (Å²) in [4.78, 5) is 9.14. The fraction of sp³-hybridized carbons (Fsp3) is 1.00. The van der Waals surface area contributed by atoms with Crippen LogP contribution in [-0.2, 0) is 0 Å². The predicted molar refractivity (Wildman–Crippen MR) is 88.1 cm³/mol. The fourth-order valence-electron chi connectivity index (χ4n) is 2.73. The van der Waals surface area contributed by atoms with E-state index in [0.29, 0.717) is 19.6 Å². The molecule has 0 aliphatic carbocycles. The Morgan fingerprint density at radius 2 is 0.818 bits per heavy atom. The minimum absolute atomic E-state index is 0.169. The van der Waals surface area contributed by atoms with E-state index in [0.717, 1.165) is 52.4 Å². The van der Waals surface area contributed by atoms with Crippen molar-refractivity contribution in [1.82, 2.24) is 19.6 Å². The van der Waals surface area contributed by atoms with Crippen molar-refractivity contribution < 1.29 is 15.3 Å². The van der Waals surface area contributed by atoms with Gasteiger partial charge < -0.3 is 20.2 Å². The first-order chi connectivity index (χ1) is 10.7. The van der Waals surface area contributed by atoms with Crippen LogP contribution in [0.5, 0.6) is 0 Å². The maximum Gasteiger partial charge on any atom is 0.0558 e. The van der Waals surface area contributed by atoms with Gasteiger partial charge in [-0.15, -0.1) is 0 Å². The highest BCUT2D eigenvalue weighted by molar-refractivity contribution is 4.70. The van der Waals surface area contributed by atoms with Gasteiger partial charge in [-0.3, -0.25) is 14.7 Å². The van der Waals surface area contributed by atoms with Crippen LogP contribution in [0.15, 0.2) is 0 Å². The number of β-amino-alcohol motifs (C(OH)–C–C–N with tert-alkyl or cyclic N) is 3. The Hall–Kier alpha value is -0.280. The van der Waals surface area contributed by atoms with Gasteiger partial charge in [-0.25, -0.2) is 0 Å². The minimum atomic E-state index is 0.169. The maximum absolute atomic E-state index is 9.22. The second-order valence-electron chi connectivity index (χ2n) is 6.00. The first kappa shape index (κ1) is 19.8. The Bertz CT molecular complexity index is 249. The number of nitrogens with zero attached hydrogens (tertiary/aromatic N) is 4. The lowest BCUT2D eigenvalue weighted by Crippen LogP contribution is -2.46. The van der Waals surface area contributed by atoms with E-state index in [1.807, 2.05) is 0 Å². The van der Waals surface area contributed by atoms with Crippen LogP contribution in [0.1, 0.15) is 0 Å². The fourth-order valence-corrected chi connectivity index (χ4v) is 2.73. The summed E-state index contributed by atoms with van der Waals surface area (Å²) < 4.78 is 0. The molecule has 1 fully saturated rings. The van der Waals surface area contributed by atoms with E-state index in [1.165, 1.54) is 0 Å². The molecule has 0 atom stereocenters. The van der Waals surface area contributed by atoms with Crippen molar-refractivity contribution in [3.63, 3.8) is 0 Å². The van der Waals surface area contributed by atoms with Crippen LogP contribution < -0.4 is 0 Å². The van der Waals surface area contributed by atoms with Gasteiger partial charge in [0.2, 0.25) is 0 Å². The summed E-state index contributed by atoms with van der Waals surface area (Å²) in [7, 11) is 2.12. The summed E-state index contributed by atoms with van der Waals surface area (Å²) >= 11 is 0. The highest BCUT2D eigenvalue weighted by Gasteiger charge is 2.14. The van der Waals surface area contributed by atoms with Crippen LogP contribution in [-0.4, -0.2) is 134 Å². The molecule has 0 amide bonds. The summed E-state index contributed by atoms with van der Waals surface area (Å²) in [6.45, 7) is 10.1. The van der Waals surface area contributed by atoms with Crippen LogP contribution >= 0.6 is 0 Å². The molecule has 0 saturated carbocycles. The van der Waals surface area contributed by atoms with Gasteiger partial charge in [0, 0.05) is 72.0 Å². The maximum atomic E-state index is 9.22. The molecule has 1 aliphatic heterocycles. The lowest BCUT2D eigenvalue weighted by molar-refractivity contribution is 0.110. The monoisotopic (exact) mass is 318 g/mol. The molecular formula is C15H34N4O3. The van der Waals surface area contributed by atoms with Crippen LogP contribution in [0.2, 0.25) is 0 Å². The zero-order chi connectivity index (χ0) is 16.2. The molecule has 7 heteroatoms. The molecule has 0 aromatic heterocycles. The van der Waals surface area contributed by atoms with Crippen molar-refractivity contribution in [1.29, 1.82) is 0 Å². The number of likely N-dealkylation sites (N-methyl/N-ethyl adjacent to an activating group) is 1. The molecule has 0 radical (unpaired) electrons. The first-order valence-corrected chi connectivity index (χ1v) is 8.37. The molecule has 0 spiro atoms. The predicted octanol–water partition coefficient (Wildman–Crippen LogP) is -2.19. The topological polar surface area (TPSA) is 73.7 Å². The molecule has 132 valence electrons. The molecule has 1 saturated heterocycles. The van der Waals surface area contributed by atoms with Crippen LogP contribution in [0.4, 0.5) is 0 Å². The minimum Gasteiger partial charge on any atom is -0.395 e. The largest absolute Gasteiger partial charge is 0.395 e. The SMILES string of the molecule is CN1CCN(CCO)CCN(CCO)CCN(CCO)CC1. The van der Waals surface area contributed by atoms with E-state index < -0.39 is 0 Å². The average Bonchev–Trinajstić information content (AvgIpc) is 2.51. The van der Waals surface area contributed by atoms with E-state index in [4.69, 9.17) is 0 Å². The van der Waals surface area contributed by atoms with E-state index in [1.54, 1.807) is 0 Å². The van der Waals surface area contributed by atoms with E-state index in [9.17, 15) is 15.3 Å². The first-order valence-electron chi connectivity index (χ1n) is 8.37. The van der Waals surface area contributed by atoms with Crippen molar-refractivity contribution in [2.24, 2.45) is 0 Å². The Labute approximate surface area is 134 Å². The Kier molecular flexibility index (Phi) is 10.9. The van der Waals surface area contributed by atoms with Gasteiger partial charge in [-0.1, -0.05) is 0 Å². The van der Waals surface area contributed by atoms with Gasteiger partial charge in [0.1, 0.15) is 0 Å². The number of hydrogen-bond acceptors (Lipinski definition) is 7. The number of aliphatic hydroxyl groups excluding tert-OH is 3. The lowest BCUT2D eigenvalue weighted by atomic mass is 10.3. The molecule has 0 aromatic rings. The van der Waals surface area contributed by atoms with Crippen molar-refractivity contribution >= 4 is 0 Å². The Morgan fingerprint density at radius 1 is 0.545 bits per heavy atom. The molecular weight excluding hydrogens is 284 g/mol. The molecule has 0 unspecified atom stereocenters. The third-order valence-corrected chi connectivity index (χ3v) is 4.31. The average molecular weight is 318 g/mol. The third kappa shape index (κ3) is 8.38. The molecule has 0 bridgehead atoms. The normalized spacial score (nSPS) is 22.4.